The lowest BCUT2D eigenvalue weighted by molar-refractivity contribution is -0.127. The lowest BCUT2D eigenvalue weighted by Crippen LogP contribution is -2.34. The molecule has 0 saturated heterocycles. The van der Waals surface area contributed by atoms with E-state index in [2.05, 4.69) is 6.08 Å². The number of thioether (sulfide) groups is 1. The highest BCUT2D eigenvalue weighted by molar-refractivity contribution is 7.99. The molecule has 0 radical (unpaired) electrons. The Labute approximate surface area is 168 Å². The van der Waals surface area contributed by atoms with Gasteiger partial charge in [-0.15, -0.1) is 0 Å². The molecule has 0 N–H and O–H groups in total. The Hall–Kier alpha value is -2.08. The number of hydrogen-bond donors (Lipinski definition) is 0. The number of para-hydroxylation sites is 1. The number of rotatable bonds is 6. The molecule has 0 unspecified atom stereocenters. The summed E-state index contributed by atoms with van der Waals surface area (Å²) in [5.74, 6) is 0.496. The summed E-state index contributed by atoms with van der Waals surface area (Å²) in [6, 6.07) is 8.12. The maximum absolute atomic E-state index is 13.1. The van der Waals surface area contributed by atoms with Crippen LogP contribution >= 0.6 is 11.8 Å². The molecule has 146 valence electrons. The predicted molar refractivity (Wildman–Crippen MR) is 111 cm³/mol. The molecule has 1 amide bonds. The second kappa shape index (κ2) is 7.39. The molecule has 2 saturated carbocycles. The number of aromatic nitrogens is 2. The van der Waals surface area contributed by atoms with Gasteiger partial charge in [-0.3, -0.25) is 14.2 Å². The second-order valence-electron chi connectivity index (χ2n) is 8.04. The van der Waals surface area contributed by atoms with Crippen molar-refractivity contribution in [2.24, 2.45) is 0 Å². The molecule has 2 fully saturated rings. The standard InChI is InChI=1S/C22H25N3O2S/c26-20(24(16-10-11-16)15-6-2-1-3-7-15)14-28-22-23-19-9-5-4-8-18(19)21(27)25(22)17-12-13-17/h4-6,8-9,16-17H,1-3,7,10-14H2. The number of fused-ring (bicyclic) bond motifs is 1. The molecule has 2 aromatic rings. The van der Waals surface area contributed by atoms with E-state index in [1.54, 1.807) is 0 Å². The first-order chi connectivity index (χ1) is 13.7. The van der Waals surface area contributed by atoms with Crippen molar-refractivity contribution in [2.45, 2.75) is 68.6 Å². The van der Waals surface area contributed by atoms with Crippen LogP contribution in [0.5, 0.6) is 0 Å². The van der Waals surface area contributed by atoms with Gasteiger partial charge in [0.2, 0.25) is 5.91 Å². The highest BCUT2D eigenvalue weighted by Crippen LogP contribution is 2.38. The maximum atomic E-state index is 13.1. The van der Waals surface area contributed by atoms with Gasteiger partial charge in [-0.2, -0.15) is 0 Å². The summed E-state index contributed by atoms with van der Waals surface area (Å²) >= 11 is 1.42. The molecule has 0 aliphatic heterocycles. The van der Waals surface area contributed by atoms with Gasteiger partial charge in [-0.25, -0.2) is 4.98 Å². The minimum atomic E-state index is 0.0251. The normalized spacial score (nSPS) is 19.5. The Bertz CT molecular complexity index is 1000. The number of nitrogens with zero attached hydrogens (tertiary/aromatic N) is 3. The van der Waals surface area contributed by atoms with Crippen LogP contribution in [0.2, 0.25) is 0 Å². The van der Waals surface area contributed by atoms with Crippen molar-refractivity contribution in [3.05, 3.63) is 46.4 Å². The molecular weight excluding hydrogens is 370 g/mol. The van der Waals surface area contributed by atoms with Crippen LogP contribution in [0.25, 0.3) is 10.9 Å². The monoisotopic (exact) mass is 395 g/mol. The number of benzene rings is 1. The van der Waals surface area contributed by atoms with Gasteiger partial charge < -0.3 is 4.90 Å². The van der Waals surface area contributed by atoms with Crippen molar-refractivity contribution in [2.75, 3.05) is 5.75 Å². The second-order valence-corrected chi connectivity index (χ2v) is 8.99. The van der Waals surface area contributed by atoms with E-state index in [1.807, 2.05) is 33.7 Å². The zero-order valence-corrected chi connectivity index (χ0v) is 16.8. The third-order valence-corrected chi connectivity index (χ3v) is 6.71. The molecule has 3 aliphatic carbocycles. The van der Waals surface area contributed by atoms with Gasteiger partial charge in [0.15, 0.2) is 5.16 Å². The molecule has 5 nitrogen and oxygen atoms in total. The third kappa shape index (κ3) is 3.50. The van der Waals surface area contributed by atoms with Crippen LogP contribution in [0.4, 0.5) is 0 Å². The Morgan fingerprint density at radius 1 is 1.18 bits per heavy atom. The SMILES string of the molecule is O=C(CSc1nc2ccccc2c(=O)n1C1CC1)N(C1=CCCCC1)C1CC1. The number of hydrogen-bond acceptors (Lipinski definition) is 4. The van der Waals surface area contributed by atoms with E-state index in [0.29, 0.717) is 27.9 Å². The first-order valence-corrected chi connectivity index (χ1v) is 11.4. The molecule has 0 atom stereocenters. The molecular formula is C22H25N3O2S. The minimum Gasteiger partial charge on any atom is -0.313 e. The van der Waals surface area contributed by atoms with Gasteiger partial charge >= 0.3 is 0 Å². The van der Waals surface area contributed by atoms with Gasteiger partial charge in [0.25, 0.3) is 5.56 Å². The van der Waals surface area contributed by atoms with Gasteiger partial charge in [-0.1, -0.05) is 30.0 Å². The number of carbonyl (C=O) groups excluding carboxylic acids is 1. The Morgan fingerprint density at radius 3 is 2.71 bits per heavy atom. The van der Waals surface area contributed by atoms with Gasteiger partial charge in [0, 0.05) is 17.8 Å². The zero-order chi connectivity index (χ0) is 19.1. The lowest BCUT2D eigenvalue weighted by atomic mass is 10.0. The molecule has 6 heteroatoms. The number of carbonyl (C=O) groups is 1. The van der Waals surface area contributed by atoms with E-state index >= 15 is 0 Å². The fraction of sp³-hybridized carbons (Fsp3) is 0.500. The van der Waals surface area contributed by atoms with Crippen LogP contribution in [0.15, 0.2) is 46.0 Å². The highest BCUT2D eigenvalue weighted by Gasteiger charge is 2.35. The van der Waals surface area contributed by atoms with Crippen molar-refractivity contribution >= 4 is 28.6 Å². The Kier molecular flexibility index (Phi) is 4.75. The molecule has 5 rings (SSSR count). The summed E-state index contributed by atoms with van der Waals surface area (Å²) in [5.41, 5.74) is 1.95. The Morgan fingerprint density at radius 2 is 2.00 bits per heavy atom. The number of amides is 1. The largest absolute Gasteiger partial charge is 0.313 e. The van der Waals surface area contributed by atoms with Crippen molar-refractivity contribution in [3.63, 3.8) is 0 Å². The zero-order valence-electron chi connectivity index (χ0n) is 16.0. The van der Waals surface area contributed by atoms with Crippen molar-refractivity contribution in [1.82, 2.24) is 14.5 Å². The van der Waals surface area contributed by atoms with Crippen LogP contribution in [0, 0.1) is 0 Å². The van der Waals surface area contributed by atoms with Gasteiger partial charge in [0.05, 0.1) is 16.7 Å². The summed E-state index contributed by atoms with van der Waals surface area (Å²) in [7, 11) is 0. The van der Waals surface area contributed by atoms with Crippen LogP contribution in [-0.2, 0) is 4.79 Å². The van der Waals surface area contributed by atoms with E-state index in [-0.39, 0.29) is 17.5 Å². The molecule has 0 bridgehead atoms. The molecule has 28 heavy (non-hydrogen) atoms. The maximum Gasteiger partial charge on any atom is 0.262 e. The summed E-state index contributed by atoms with van der Waals surface area (Å²) in [6.07, 6.45) is 11.0. The first kappa shape index (κ1) is 18.0. The fourth-order valence-corrected chi connectivity index (χ4v) is 4.97. The van der Waals surface area contributed by atoms with Gasteiger partial charge in [-0.05, 0) is 63.5 Å². The smallest absolute Gasteiger partial charge is 0.262 e. The van der Waals surface area contributed by atoms with Gasteiger partial charge in [0.1, 0.15) is 0 Å². The van der Waals surface area contributed by atoms with E-state index in [4.69, 9.17) is 4.98 Å². The highest BCUT2D eigenvalue weighted by atomic mass is 32.2. The average molecular weight is 396 g/mol. The summed E-state index contributed by atoms with van der Waals surface area (Å²) in [5, 5.41) is 1.35. The average Bonchev–Trinajstić information content (AvgIpc) is 3.62. The van der Waals surface area contributed by atoms with E-state index < -0.39 is 0 Å². The molecule has 1 aromatic heterocycles. The first-order valence-electron chi connectivity index (χ1n) is 10.4. The lowest BCUT2D eigenvalue weighted by Gasteiger charge is -2.27. The van der Waals surface area contributed by atoms with E-state index in [1.165, 1.54) is 30.3 Å². The third-order valence-electron chi connectivity index (χ3n) is 5.77. The fourth-order valence-electron chi connectivity index (χ4n) is 4.05. The quantitative estimate of drug-likeness (QED) is 0.541. The summed E-state index contributed by atoms with van der Waals surface area (Å²) in [6.45, 7) is 0. The molecule has 3 aliphatic rings. The molecule has 0 spiro atoms. The number of allylic oxidation sites excluding steroid dienone is 2. The topological polar surface area (TPSA) is 55.2 Å². The van der Waals surface area contributed by atoms with Crippen molar-refractivity contribution in [1.29, 1.82) is 0 Å². The predicted octanol–water partition coefficient (Wildman–Crippen LogP) is 4.27. The summed E-state index contributed by atoms with van der Waals surface area (Å²) in [4.78, 5) is 32.9. The molecule has 1 aromatic carbocycles. The van der Waals surface area contributed by atoms with Crippen LogP contribution in [0.3, 0.4) is 0 Å². The minimum absolute atomic E-state index is 0.0251. The van der Waals surface area contributed by atoms with E-state index in [0.717, 1.165) is 38.5 Å². The molecule has 1 heterocycles. The van der Waals surface area contributed by atoms with Crippen molar-refractivity contribution < 1.29 is 4.79 Å². The van der Waals surface area contributed by atoms with Crippen LogP contribution in [-0.4, -0.2) is 32.2 Å². The van der Waals surface area contributed by atoms with E-state index in [9.17, 15) is 9.59 Å². The summed E-state index contributed by atoms with van der Waals surface area (Å²) < 4.78 is 1.82. The Balaban J connectivity index is 1.40. The van der Waals surface area contributed by atoms with Crippen molar-refractivity contribution in [3.8, 4) is 0 Å². The van der Waals surface area contributed by atoms with Crippen LogP contribution in [0.1, 0.15) is 57.4 Å². The van der Waals surface area contributed by atoms with Crippen LogP contribution < -0.4 is 5.56 Å².